The van der Waals surface area contributed by atoms with Crippen LogP contribution in [0.2, 0.25) is 5.02 Å². The van der Waals surface area contributed by atoms with Gasteiger partial charge >= 0.3 is 0 Å². The predicted molar refractivity (Wildman–Crippen MR) is 78.4 cm³/mol. The summed E-state index contributed by atoms with van der Waals surface area (Å²) in [6.45, 7) is 0. The summed E-state index contributed by atoms with van der Waals surface area (Å²) in [4.78, 5) is 4.41. The van der Waals surface area contributed by atoms with Gasteiger partial charge in [0.2, 0.25) is 11.7 Å². The summed E-state index contributed by atoms with van der Waals surface area (Å²) in [5.74, 6) is 1.72. The second-order valence-electron chi connectivity index (χ2n) is 5.40. The second-order valence-corrected chi connectivity index (χ2v) is 5.81. The Kier molecular flexibility index (Phi) is 4.03. The Balaban J connectivity index is 1.72. The van der Waals surface area contributed by atoms with Gasteiger partial charge in [-0.1, -0.05) is 41.7 Å². The number of benzene rings is 1. The van der Waals surface area contributed by atoms with Crippen molar-refractivity contribution in [3.05, 3.63) is 35.2 Å². The molecule has 5 heteroatoms. The van der Waals surface area contributed by atoms with Gasteiger partial charge < -0.3 is 10.3 Å². The lowest BCUT2D eigenvalue weighted by Gasteiger charge is -2.16. The summed E-state index contributed by atoms with van der Waals surface area (Å²) in [5, 5.41) is 4.63. The average molecular weight is 292 g/mol. The van der Waals surface area contributed by atoms with Gasteiger partial charge in [0.15, 0.2) is 0 Å². The maximum Gasteiger partial charge on any atom is 0.228 e. The summed E-state index contributed by atoms with van der Waals surface area (Å²) < 4.78 is 5.30. The van der Waals surface area contributed by atoms with Gasteiger partial charge in [-0.15, -0.1) is 0 Å². The molecule has 1 unspecified atom stereocenters. The molecule has 0 radical (unpaired) electrons. The van der Waals surface area contributed by atoms with Crippen LogP contribution >= 0.6 is 11.6 Å². The quantitative estimate of drug-likeness (QED) is 0.937. The van der Waals surface area contributed by atoms with E-state index in [2.05, 4.69) is 10.1 Å². The minimum absolute atomic E-state index is 0.108. The smallest absolute Gasteiger partial charge is 0.228 e. The van der Waals surface area contributed by atoms with E-state index in [1.54, 1.807) is 0 Å². The van der Waals surface area contributed by atoms with E-state index in [9.17, 15) is 0 Å². The van der Waals surface area contributed by atoms with Gasteiger partial charge in [-0.25, -0.2) is 0 Å². The fourth-order valence-corrected chi connectivity index (χ4v) is 3.06. The SMILES string of the molecule is NC(Cc1nc(-c2ccccc2Cl)no1)C1CCCC1. The van der Waals surface area contributed by atoms with E-state index in [-0.39, 0.29) is 6.04 Å². The Morgan fingerprint density at radius 3 is 2.80 bits per heavy atom. The zero-order valence-corrected chi connectivity index (χ0v) is 12.0. The van der Waals surface area contributed by atoms with Crippen molar-refractivity contribution in [3.8, 4) is 11.4 Å². The highest BCUT2D eigenvalue weighted by Crippen LogP contribution is 2.29. The lowest BCUT2D eigenvalue weighted by atomic mass is 9.96. The predicted octanol–water partition coefficient (Wildman–Crippen LogP) is 3.45. The van der Waals surface area contributed by atoms with E-state index < -0.39 is 0 Å². The Labute approximate surface area is 123 Å². The minimum atomic E-state index is 0.108. The van der Waals surface area contributed by atoms with Gasteiger partial charge in [0.1, 0.15) is 0 Å². The standard InChI is InChI=1S/C15H18ClN3O/c16-12-8-4-3-7-11(12)15-18-14(20-19-15)9-13(17)10-5-1-2-6-10/h3-4,7-8,10,13H,1-2,5-6,9,17H2. The third-order valence-electron chi connectivity index (χ3n) is 4.00. The monoisotopic (exact) mass is 291 g/mol. The van der Waals surface area contributed by atoms with Crippen molar-refractivity contribution in [2.45, 2.75) is 38.1 Å². The van der Waals surface area contributed by atoms with Crippen LogP contribution in [0.4, 0.5) is 0 Å². The number of nitrogens with zero attached hydrogens (tertiary/aromatic N) is 2. The second kappa shape index (κ2) is 5.94. The van der Waals surface area contributed by atoms with E-state index >= 15 is 0 Å². The van der Waals surface area contributed by atoms with Crippen LogP contribution in [0.1, 0.15) is 31.6 Å². The van der Waals surface area contributed by atoms with Crippen molar-refractivity contribution in [1.82, 2.24) is 10.1 Å². The lowest BCUT2D eigenvalue weighted by Crippen LogP contribution is -2.30. The van der Waals surface area contributed by atoms with Crippen molar-refractivity contribution in [3.63, 3.8) is 0 Å². The van der Waals surface area contributed by atoms with E-state index in [1.165, 1.54) is 25.7 Å². The molecule has 20 heavy (non-hydrogen) atoms. The Bertz CT molecular complexity index is 578. The van der Waals surface area contributed by atoms with Gasteiger partial charge in [0, 0.05) is 18.0 Å². The Hall–Kier alpha value is -1.39. The molecule has 1 heterocycles. The number of aromatic nitrogens is 2. The lowest BCUT2D eigenvalue weighted by molar-refractivity contribution is 0.341. The molecule has 0 saturated heterocycles. The van der Waals surface area contributed by atoms with Gasteiger partial charge in [0.05, 0.1) is 5.02 Å². The molecule has 2 N–H and O–H groups in total. The van der Waals surface area contributed by atoms with Crippen LogP contribution in [0, 0.1) is 5.92 Å². The molecular formula is C15H18ClN3O. The van der Waals surface area contributed by atoms with Crippen LogP contribution in [-0.4, -0.2) is 16.2 Å². The first-order valence-electron chi connectivity index (χ1n) is 7.07. The fourth-order valence-electron chi connectivity index (χ4n) is 2.84. The molecule has 0 bridgehead atoms. The van der Waals surface area contributed by atoms with E-state index in [1.807, 2.05) is 24.3 Å². The number of nitrogens with two attached hydrogens (primary N) is 1. The van der Waals surface area contributed by atoms with Gasteiger partial charge in [0.25, 0.3) is 0 Å². The highest BCUT2D eigenvalue weighted by atomic mass is 35.5. The zero-order chi connectivity index (χ0) is 13.9. The summed E-state index contributed by atoms with van der Waals surface area (Å²) in [5.41, 5.74) is 7.03. The van der Waals surface area contributed by atoms with Gasteiger partial charge in [-0.05, 0) is 30.9 Å². The summed E-state index contributed by atoms with van der Waals surface area (Å²) in [7, 11) is 0. The summed E-state index contributed by atoms with van der Waals surface area (Å²) >= 11 is 6.13. The van der Waals surface area contributed by atoms with E-state index in [0.717, 1.165) is 5.56 Å². The maximum absolute atomic E-state index is 6.24. The number of rotatable bonds is 4. The van der Waals surface area contributed by atoms with Crippen LogP contribution in [0.15, 0.2) is 28.8 Å². The minimum Gasteiger partial charge on any atom is -0.339 e. The molecule has 0 amide bonds. The van der Waals surface area contributed by atoms with Crippen LogP contribution in [0.25, 0.3) is 11.4 Å². The molecule has 0 spiro atoms. The molecule has 1 fully saturated rings. The van der Waals surface area contributed by atoms with Crippen LogP contribution in [0.5, 0.6) is 0 Å². The van der Waals surface area contributed by atoms with E-state index in [0.29, 0.717) is 29.1 Å². The number of hydrogen-bond acceptors (Lipinski definition) is 4. The van der Waals surface area contributed by atoms with Crippen LogP contribution in [0.3, 0.4) is 0 Å². The number of hydrogen-bond donors (Lipinski definition) is 1. The molecule has 106 valence electrons. The zero-order valence-electron chi connectivity index (χ0n) is 11.3. The highest BCUT2D eigenvalue weighted by molar-refractivity contribution is 6.33. The third kappa shape index (κ3) is 2.86. The first kappa shape index (κ1) is 13.6. The third-order valence-corrected chi connectivity index (χ3v) is 4.33. The van der Waals surface area contributed by atoms with Crippen molar-refractivity contribution in [1.29, 1.82) is 0 Å². The van der Waals surface area contributed by atoms with Gasteiger partial charge in [-0.2, -0.15) is 4.98 Å². The van der Waals surface area contributed by atoms with Crippen LogP contribution < -0.4 is 5.73 Å². The molecule has 3 rings (SSSR count). The highest BCUT2D eigenvalue weighted by Gasteiger charge is 2.24. The molecular weight excluding hydrogens is 274 g/mol. The summed E-state index contributed by atoms with van der Waals surface area (Å²) in [6.07, 6.45) is 5.64. The van der Waals surface area contributed by atoms with Crippen molar-refractivity contribution >= 4 is 11.6 Å². The first-order valence-corrected chi connectivity index (χ1v) is 7.45. The first-order chi connectivity index (χ1) is 9.74. The molecule has 0 aliphatic heterocycles. The fraction of sp³-hybridized carbons (Fsp3) is 0.467. The maximum atomic E-state index is 6.24. The molecule has 1 aromatic carbocycles. The normalized spacial score (nSPS) is 17.5. The van der Waals surface area contributed by atoms with Gasteiger partial charge in [-0.3, -0.25) is 0 Å². The average Bonchev–Trinajstić information content (AvgIpc) is 3.10. The molecule has 1 saturated carbocycles. The molecule has 1 atom stereocenters. The molecule has 1 aromatic heterocycles. The summed E-state index contributed by atoms with van der Waals surface area (Å²) in [6, 6.07) is 7.59. The van der Waals surface area contributed by atoms with Crippen LogP contribution in [-0.2, 0) is 6.42 Å². The van der Waals surface area contributed by atoms with Crippen molar-refractivity contribution in [2.75, 3.05) is 0 Å². The van der Waals surface area contributed by atoms with Crippen molar-refractivity contribution in [2.24, 2.45) is 11.7 Å². The Morgan fingerprint density at radius 1 is 1.30 bits per heavy atom. The Morgan fingerprint density at radius 2 is 2.05 bits per heavy atom. The number of halogens is 1. The molecule has 4 nitrogen and oxygen atoms in total. The largest absolute Gasteiger partial charge is 0.339 e. The van der Waals surface area contributed by atoms with Crippen molar-refractivity contribution < 1.29 is 4.52 Å². The molecule has 1 aliphatic carbocycles. The molecule has 2 aromatic rings. The topological polar surface area (TPSA) is 64.9 Å². The van der Waals surface area contributed by atoms with E-state index in [4.69, 9.17) is 21.9 Å². The molecule has 1 aliphatic rings.